The van der Waals surface area contributed by atoms with Gasteiger partial charge in [0.25, 0.3) is 0 Å². The molecule has 13 nitrogen and oxygen atoms in total. The van der Waals surface area contributed by atoms with E-state index in [0.717, 1.165) is 31.5 Å². The highest BCUT2D eigenvalue weighted by Gasteiger charge is 2.35. The fraction of sp³-hybridized carbons (Fsp3) is 0.536. The molecule has 2 atom stereocenters. The van der Waals surface area contributed by atoms with Crippen molar-refractivity contribution in [3.63, 3.8) is 0 Å². The van der Waals surface area contributed by atoms with Crippen LogP contribution in [0.15, 0.2) is 31.2 Å². The summed E-state index contributed by atoms with van der Waals surface area (Å²) >= 11 is 6.41. The second kappa shape index (κ2) is 13.9. The fourth-order valence-corrected chi connectivity index (χ4v) is 4.87. The number of amides is 2. The maximum Gasteiger partial charge on any atom is 0.407 e. The van der Waals surface area contributed by atoms with E-state index in [9.17, 15) is 9.59 Å². The number of unbranched alkanes of at least 4 members (excludes halogenated alkanes) is 2. The zero-order chi connectivity index (χ0) is 30.3. The van der Waals surface area contributed by atoms with E-state index < -0.39 is 11.7 Å². The largest absolute Gasteiger partial charge is 0.477 e. The molecule has 1 aliphatic rings. The Kier molecular flexibility index (Phi) is 10.3. The molecule has 4 rings (SSSR count). The molecule has 0 aromatic carbocycles. The second-order valence-corrected chi connectivity index (χ2v) is 11.5. The first-order chi connectivity index (χ1) is 20.1. The molecular weight excluding hydrogens is 564 g/mol. The molecule has 1 aliphatic heterocycles. The van der Waals surface area contributed by atoms with Gasteiger partial charge >= 0.3 is 6.09 Å². The number of H-pyrrole nitrogens is 1. The molecule has 3 aromatic rings. The van der Waals surface area contributed by atoms with Gasteiger partial charge in [-0.1, -0.05) is 18.2 Å². The Hall–Kier alpha value is -3.84. The lowest BCUT2D eigenvalue weighted by atomic mass is 10.1. The number of anilines is 2. The van der Waals surface area contributed by atoms with Crippen LogP contribution in [0.2, 0.25) is 5.02 Å². The number of methoxy groups -OCH3 is 1. The number of aromatic nitrogens is 5. The third-order valence-electron chi connectivity index (χ3n) is 6.68. The Balaban J connectivity index is 1.31. The lowest BCUT2D eigenvalue weighted by Crippen LogP contribution is -2.33. The topological polar surface area (TPSA) is 149 Å². The maximum absolute atomic E-state index is 12.1. The van der Waals surface area contributed by atoms with Crippen molar-refractivity contribution in [3.05, 3.63) is 36.3 Å². The Labute approximate surface area is 249 Å². The molecule has 2 amide bonds. The van der Waals surface area contributed by atoms with Crippen molar-refractivity contribution in [2.24, 2.45) is 5.92 Å². The molecule has 3 aromatic heterocycles. The summed E-state index contributed by atoms with van der Waals surface area (Å²) in [5.74, 6) is 0.454. The van der Waals surface area contributed by atoms with Gasteiger partial charge in [-0.2, -0.15) is 15.1 Å². The van der Waals surface area contributed by atoms with Gasteiger partial charge in [0.15, 0.2) is 0 Å². The SMILES string of the molecule is C=CC(=O)N1C[C@H](COc2nc(Nc3cnn(CCCCCNC(=O)OC(C)(C)C)c3)nc3[nH]cc(Cl)c23)[C@@H](OC)C1. The Morgan fingerprint density at radius 2 is 2.05 bits per heavy atom. The van der Waals surface area contributed by atoms with Crippen molar-refractivity contribution in [3.8, 4) is 5.88 Å². The van der Waals surface area contributed by atoms with Crippen LogP contribution in [-0.2, 0) is 20.8 Å². The molecule has 42 heavy (non-hydrogen) atoms. The first kappa shape index (κ1) is 31.1. The Morgan fingerprint density at radius 1 is 1.24 bits per heavy atom. The average molecular weight is 603 g/mol. The summed E-state index contributed by atoms with van der Waals surface area (Å²) in [6.45, 7) is 11.6. The van der Waals surface area contributed by atoms with Crippen LogP contribution >= 0.6 is 11.6 Å². The number of ether oxygens (including phenoxy) is 3. The van der Waals surface area contributed by atoms with Gasteiger partial charge in [0.2, 0.25) is 17.7 Å². The number of rotatable bonds is 13. The summed E-state index contributed by atoms with van der Waals surface area (Å²) in [6, 6.07) is 0. The molecular formula is C28H39ClN8O5. The number of hydrogen-bond acceptors (Lipinski definition) is 9. The number of carbonyl (C=O) groups is 2. The van der Waals surface area contributed by atoms with Crippen molar-refractivity contribution in [1.82, 2.24) is 34.9 Å². The molecule has 0 aliphatic carbocycles. The molecule has 0 unspecified atom stereocenters. The number of aryl methyl sites for hydroxylation is 1. The van der Waals surface area contributed by atoms with E-state index in [1.165, 1.54) is 6.08 Å². The zero-order valence-corrected chi connectivity index (χ0v) is 25.2. The number of fused-ring (bicyclic) bond motifs is 1. The molecule has 0 radical (unpaired) electrons. The van der Waals surface area contributed by atoms with Crippen molar-refractivity contribution in [2.45, 2.75) is 58.3 Å². The molecule has 0 bridgehead atoms. The molecule has 14 heteroatoms. The monoisotopic (exact) mass is 602 g/mol. The molecule has 0 spiro atoms. The summed E-state index contributed by atoms with van der Waals surface area (Å²) < 4.78 is 18.8. The van der Waals surface area contributed by atoms with E-state index in [1.807, 2.05) is 31.6 Å². The van der Waals surface area contributed by atoms with Gasteiger partial charge in [0.1, 0.15) is 11.2 Å². The number of hydrogen-bond donors (Lipinski definition) is 3. The van der Waals surface area contributed by atoms with Crippen LogP contribution in [0.3, 0.4) is 0 Å². The summed E-state index contributed by atoms with van der Waals surface area (Å²) in [5, 5.41) is 11.4. The van der Waals surface area contributed by atoms with Crippen LogP contribution < -0.4 is 15.4 Å². The average Bonchev–Trinajstić information content (AvgIpc) is 3.66. The van der Waals surface area contributed by atoms with Gasteiger partial charge in [-0.05, 0) is 46.1 Å². The van der Waals surface area contributed by atoms with Gasteiger partial charge in [0, 0.05) is 51.6 Å². The van der Waals surface area contributed by atoms with E-state index in [2.05, 4.69) is 37.3 Å². The number of halogens is 1. The highest BCUT2D eigenvalue weighted by atomic mass is 35.5. The number of alkyl carbamates (subject to hydrolysis) is 1. The number of aromatic amines is 1. The number of nitrogens with one attached hydrogen (secondary N) is 3. The van der Waals surface area contributed by atoms with Crippen molar-refractivity contribution in [1.29, 1.82) is 0 Å². The molecule has 3 N–H and O–H groups in total. The minimum Gasteiger partial charge on any atom is -0.477 e. The number of likely N-dealkylation sites (tertiary alicyclic amines) is 1. The maximum atomic E-state index is 12.1. The van der Waals surface area contributed by atoms with Crippen LogP contribution in [0.5, 0.6) is 5.88 Å². The smallest absolute Gasteiger partial charge is 0.407 e. The second-order valence-electron chi connectivity index (χ2n) is 11.1. The third-order valence-corrected chi connectivity index (χ3v) is 6.97. The van der Waals surface area contributed by atoms with Gasteiger partial charge in [-0.3, -0.25) is 9.48 Å². The Bertz CT molecular complexity index is 1380. The number of carbonyl (C=O) groups excluding carboxylic acids is 2. The van der Waals surface area contributed by atoms with E-state index in [1.54, 1.807) is 24.4 Å². The fourth-order valence-electron chi connectivity index (χ4n) is 4.65. The highest BCUT2D eigenvalue weighted by molar-refractivity contribution is 6.35. The normalized spacial score (nSPS) is 16.9. The molecule has 0 saturated carbocycles. The van der Waals surface area contributed by atoms with Crippen LogP contribution in [0.1, 0.15) is 40.0 Å². The quantitative estimate of drug-likeness (QED) is 0.192. The molecule has 228 valence electrons. The first-order valence-corrected chi connectivity index (χ1v) is 14.3. The van der Waals surface area contributed by atoms with Gasteiger partial charge in [-0.25, -0.2) is 4.79 Å². The van der Waals surface area contributed by atoms with Gasteiger partial charge < -0.3 is 34.7 Å². The third kappa shape index (κ3) is 8.35. The van der Waals surface area contributed by atoms with Crippen molar-refractivity contribution in [2.75, 3.05) is 38.7 Å². The van der Waals surface area contributed by atoms with Crippen molar-refractivity contribution >= 4 is 46.3 Å². The zero-order valence-electron chi connectivity index (χ0n) is 24.5. The van der Waals surface area contributed by atoms with Crippen LogP contribution in [0.4, 0.5) is 16.4 Å². The van der Waals surface area contributed by atoms with Gasteiger partial charge in [-0.15, -0.1) is 0 Å². The van der Waals surface area contributed by atoms with Crippen LogP contribution in [0.25, 0.3) is 11.0 Å². The first-order valence-electron chi connectivity index (χ1n) is 13.9. The lowest BCUT2D eigenvalue weighted by Gasteiger charge is -2.19. The van der Waals surface area contributed by atoms with E-state index in [0.29, 0.717) is 47.5 Å². The predicted octanol–water partition coefficient (Wildman–Crippen LogP) is 4.28. The molecule has 1 saturated heterocycles. The van der Waals surface area contributed by atoms with Crippen LogP contribution in [-0.4, -0.2) is 86.7 Å². The lowest BCUT2D eigenvalue weighted by molar-refractivity contribution is -0.125. The highest BCUT2D eigenvalue weighted by Crippen LogP contribution is 2.32. The summed E-state index contributed by atoms with van der Waals surface area (Å²) in [5.41, 5.74) is 0.742. The summed E-state index contributed by atoms with van der Waals surface area (Å²) in [6.07, 6.45) is 8.62. The summed E-state index contributed by atoms with van der Waals surface area (Å²) in [7, 11) is 1.62. The van der Waals surface area contributed by atoms with E-state index in [-0.39, 0.29) is 24.5 Å². The van der Waals surface area contributed by atoms with Crippen LogP contribution in [0, 0.1) is 5.92 Å². The minimum absolute atomic E-state index is 0.0515. The van der Waals surface area contributed by atoms with E-state index >= 15 is 0 Å². The molecule has 4 heterocycles. The predicted molar refractivity (Wildman–Crippen MR) is 159 cm³/mol. The van der Waals surface area contributed by atoms with Gasteiger partial charge in [0.05, 0.1) is 35.0 Å². The minimum atomic E-state index is -0.504. The molecule has 1 fully saturated rings. The van der Waals surface area contributed by atoms with E-state index in [4.69, 9.17) is 25.8 Å². The standard InChI is InChI=1S/C28H39ClN8O5/c1-6-22(38)36-14-18(21(16-36)40-5)17-41-25-23-20(29)13-31-24(23)34-26(35-25)33-19-12-32-37(15-19)11-9-7-8-10-30-27(39)42-28(2,3)4/h6,12-13,15,18,21H,1,7-11,14,16-17H2,2-5H3,(H,30,39)(H2,31,33,34,35)/t18-,21+/m1/s1. The van der Waals surface area contributed by atoms with Crippen molar-refractivity contribution < 1.29 is 23.8 Å². The number of nitrogens with zero attached hydrogens (tertiary/aromatic N) is 5. The summed E-state index contributed by atoms with van der Waals surface area (Å²) in [4.78, 5) is 37.7. The Morgan fingerprint density at radius 3 is 2.79 bits per heavy atom.